The third-order valence-corrected chi connectivity index (χ3v) is 1.29. The van der Waals surface area contributed by atoms with Gasteiger partial charge < -0.3 is 10.8 Å². The average Bonchev–Trinajstić information content (AvgIpc) is 2.37. The predicted octanol–water partition coefficient (Wildman–Crippen LogP) is 0.387. The van der Waals surface area contributed by atoms with Gasteiger partial charge in [0.05, 0.1) is 6.20 Å². The van der Waals surface area contributed by atoms with Gasteiger partial charge in [-0.3, -0.25) is 5.10 Å². The molecule has 60 valence electrons. The van der Waals surface area contributed by atoms with Gasteiger partial charge in [0.15, 0.2) is 0 Å². The Balaban J connectivity index is 2.56. The van der Waals surface area contributed by atoms with Crippen molar-refractivity contribution in [3.8, 4) is 0 Å². The van der Waals surface area contributed by atoms with E-state index in [-0.39, 0.29) is 6.61 Å². The van der Waals surface area contributed by atoms with Crippen molar-refractivity contribution >= 4 is 11.9 Å². The van der Waals surface area contributed by atoms with Gasteiger partial charge in [-0.15, -0.1) is 0 Å². The smallest absolute Gasteiger partial charge is 0.126 e. The average molecular weight is 153 g/mol. The van der Waals surface area contributed by atoms with E-state index in [1.165, 1.54) is 0 Å². The van der Waals surface area contributed by atoms with Crippen LogP contribution in [-0.2, 0) is 0 Å². The summed E-state index contributed by atoms with van der Waals surface area (Å²) < 4.78 is 0. The first-order valence-corrected chi connectivity index (χ1v) is 3.41. The molecule has 11 heavy (non-hydrogen) atoms. The first-order chi connectivity index (χ1) is 5.34. The SMILES string of the molecule is Nc1[nH]ncc1C=CCCO. The first-order valence-electron chi connectivity index (χ1n) is 3.41. The molecule has 1 aromatic rings. The molecule has 0 aliphatic carbocycles. The largest absolute Gasteiger partial charge is 0.396 e. The van der Waals surface area contributed by atoms with Crippen LogP contribution in [0.5, 0.6) is 0 Å². The molecule has 1 aromatic heterocycles. The summed E-state index contributed by atoms with van der Waals surface area (Å²) in [6, 6.07) is 0. The molecule has 0 saturated carbocycles. The third-order valence-electron chi connectivity index (χ3n) is 1.29. The highest BCUT2D eigenvalue weighted by Gasteiger charge is 1.93. The first kappa shape index (κ1) is 7.81. The number of nitrogen functional groups attached to an aromatic ring is 1. The van der Waals surface area contributed by atoms with Gasteiger partial charge in [0, 0.05) is 12.2 Å². The van der Waals surface area contributed by atoms with Crippen LogP contribution in [-0.4, -0.2) is 21.9 Å². The second-order valence-corrected chi connectivity index (χ2v) is 2.15. The number of rotatable bonds is 3. The zero-order valence-corrected chi connectivity index (χ0v) is 6.12. The summed E-state index contributed by atoms with van der Waals surface area (Å²) in [7, 11) is 0. The Labute approximate surface area is 64.7 Å². The maximum atomic E-state index is 8.46. The number of nitrogens with two attached hydrogens (primary N) is 1. The molecule has 0 saturated heterocycles. The van der Waals surface area contributed by atoms with Crippen molar-refractivity contribution in [3.05, 3.63) is 17.8 Å². The molecule has 0 radical (unpaired) electrons. The topological polar surface area (TPSA) is 74.9 Å². The fourth-order valence-electron chi connectivity index (χ4n) is 0.723. The normalized spacial score (nSPS) is 11.0. The van der Waals surface area contributed by atoms with Crippen LogP contribution in [0.2, 0.25) is 0 Å². The summed E-state index contributed by atoms with van der Waals surface area (Å²) in [4.78, 5) is 0. The van der Waals surface area contributed by atoms with E-state index < -0.39 is 0 Å². The Morgan fingerprint density at radius 3 is 3.09 bits per heavy atom. The van der Waals surface area contributed by atoms with Crippen molar-refractivity contribution in [3.63, 3.8) is 0 Å². The molecule has 0 spiro atoms. The minimum atomic E-state index is 0.161. The zero-order chi connectivity index (χ0) is 8.10. The Kier molecular flexibility index (Phi) is 2.68. The molecule has 0 amide bonds. The van der Waals surface area contributed by atoms with Crippen molar-refractivity contribution in [2.75, 3.05) is 12.3 Å². The molecule has 0 unspecified atom stereocenters. The van der Waals surface area contributed by atoms with Crippen LogP contribution in [0.25, 0.3) is 6.08 Å². The van der Waals surface area contributed by atoms with Gasteiger partial charge in [-0.05, 0) is 6.42 Å². The van der Waals surface area contributed by atoms with E-state index in [0.29, 0.717) is 12.2 Å². The number of anilines is 1. The fraction of sp³-hybridized carbons (Fsp3) is 0.286. The zero-order valence-electron chi connectivity index (χ0n) is 6.12. The van der Waals surface area contributed by atoms with Crippen molar-refractivity contribution in [2.45, 2.75) is 6.42 Å². The highest BCUT2D eigenvalue weighted by atomic mass is 16.2. The van der Waals surface area contributed by atoms with Crippen LogP contribution < -0.4 is 5.73 Å². The van der Waals surface area contributed by atoms with Crippen LogP contribution >= 0.6 is 0 Å². The van der Waals surface area contributed by atoms with Crippen molar-refractivity contribution < 1.29 is 5.11 Å². The number of nitrogens with zero attached hydrogens (tertiary/aromatic N) is 1. The van der Waals surface area contributed by atoms with Gasteiger partial charge in [-0.1, -0.05) is 12.2 Å². The van der Waals surface area contributed by atoms with Gasteiger partial charge in [0.25, 0.3) is 0 Å². The van der Waals surface area contributed by atoms with E-state index in [2.05, 4.69) is 10.2 Å². The van der Waals surface area contributed by atoms with E-state index in [4.69, 9.17) is 10.8 Å². The lowest BCUT2D eigenvalue weighted by Gasteiger charge is -1.87. The van der Waals surface area contributed by atoms with E-state index in [9.17, 15) is 0 Å². The molecule has 4 nitrogen and oxygen atoms in total. The second-order valence-electron chi connectivity index (χ2n) is 2.15. The quantitative estimate of drug-likeness (QED) is 0.588. The lowest BCUT2D eigenvalue weighted by Crippen LogP contribution is -1.86. The van der Waals surface area contributed by atoms with Gasteiger partial charge in [-0.25, -0.2) is 0 Å². The van der Waals surface area contributed by atoms with Gasteiger partial charge in [0.1, 0.15) is 5.82 Å². The molecule has 0 fully saturated rings. The molecule has 0 aliphatic rings. The number of aliphatic hydroxyl groups excluding tert-OH is 1. The molecule has 0 atom stereocenters. The van der Waals surface area contributed by atoms with Gasteiger partial charge in [0.2, 0.25) is 0 Å². The number of hydrogen-bond donors (Lipinski definition) is 3. The Hall–Kier alpha value is -1.29. The molecular formula is C7H11N3O. The van der Waals surface area contributed by atoms with E-state index in [0.717, 1.165) is 5.56 Å². The number of aromatic nitrogens is 2. The lowest BCUT2D eigenvalue weighted by atomic mass is 10.3. The van der Waals surface area contributed by atoms with Crippen molar-refractivity contribution in [2.24, 2.45) is 0 Å². The van der Waals surface area contributed by atoms with E-state index in [1.54, 1.807) is 6.20 Å². The summed E-state index contributed by atoms with van der Waals surface area (Å²) in [6.07, 6.45) is 5.96. The lowest BCUT2D eigenvalue weighted by molar-refractivity contribution is 0.303. The van der Waals surface area contributed by atoms with Crippen molar-refractivity contribution in [1.82, 2.24) is 10.2 Å². The van der Waals surface area contributed by atoms with Gasteiger partial charge in [-0.2, -0.15) is 5.10 Å². The van der Waals surface area contributed by atoms with Crippen molar-refractivity contribution in [1.29, 1.82) is 0 Å². The number of H-pyrrole nitrogens is 1. The molecule has 4 heteroatoms. The van der Waals surface area contributed by atoms with Crippen LogP contribution in [0.15, 0.2) is 12.3 Å². The third kappa shape index (κ3) is 2.09. The minimum absolute atomic E-state index is 0.161. The summed E-state index contributed by atoms with van der Waals surface area (Å²) in [5.74, 6) is 0.555. The summed E-state index contributed by atoms with van der Waals surface area (Å²) in [5, 5.41) is 14.8. The number of aliphatic hydroxyl groups is 1. The molecular weight excluding hydrogens is 142 g/mol. The van der Waals surface area contributed by atoms with Crippen LogP contribution in [0, 0.1) is 0 Å². The Morgan fingerprint density at radius 2 is 2.55 bits per heavy atom. The van der Waals surface area contributed by atoms with E-state index >= 15 is 0 Å². The number of nitrogens with one attached hydrogen (secondary N) is 1. The molecule has 0 aliphatic heterocycles. The van der Waals surface area contributed by atoms with Crippen LogP contribution in [0.1, 0.15) is 12.0 Å². The predicted molar refractivity (Wildman–Crippen MR) is 43.7 cm³/mol. The molecule has 1 rings (SSSR count). The number of hydrogen-bond acceptors (Lipinski definition) is 3. The highest BCUT2D eigenvalue weighted by Crippen LogP contribution is 2.07. The monoisotopic (exact) mass is 153 g/mol. The second kappa shape index (κ2) is 3.78. The summed E-state index contributed by atoms with van der Waals surface area (Å²) in [6.45, 7) is 0.161. The standard InChI is InChI=1S/C7H11N3O/c8-7-6(5-9-10-7)3-1-2-4-11/h1,3,5,11H,2,4H2,(H3,8,9,10). The molecule has 1 heterocycles. The maximum absolute atomic E-state index is 8.46. The Morgan fingerprint density at radius 1 is 1.73 bits per heavy atom. The highest BCUT2D eigenvalue weighted by molar-refractivity contribution is 5.59. The van der Waals surface area contributed by atoms with Crippen LogP contribution in [0.4, 0.5) is 5.82 Å². The summed E-state index contributed by atoms with van der Waals surface area (Å²) >= 11 is 0. The molecule has 0 aromatic carbocycles. The summed E-state index contributed by atoms with van der Waals surface area (Å²) in [5.41, 5.74) is 6.35. The number of aromatic amines is 1. The van der Waals surface area contributed by atoms with Gasteiger partial charge >= 0.3 is 0 Å². The molecule has 0 bridgehead atoms. The Bertz CT molecular complexity index is 242. The van der Waals surface area contributed by atoms with E-state index in [1.807, 2.05) is 12.2 Å². The maximum Gasteiger partial charge on any atom is 0.126 e. The minimum Gasteiger partial charge on any atom is -0.396 e. The van der Waals surface area contributed by atoms with Crippen LogP contribution in [0.3, 0.4) is 0 Å². The molecule has 4 N–H and O–H groups in total. The fourth-order valence-corrected chi connectivity index (χ4v) is 0.723.